The van der Waals surface area contributed by atoms with Gasteiger partial charge in [0.25, 0.3) is 10.0 Å². The lowest BCUT2D eigenvalue weighted by molar-refractivity contribution is -0.142. The summed E-state index contributed by atoms with van der Waals surface area (Å²) >= 11 is 0. The zero-order chi connectivity index (χ0) is 23.6. The molecule has 1 atom stereocenters. The molecule has 0 spiro atoms. The number of hydrogen-bond donors (Lipinski definition) is 4. The predicted octanol–water partition coefficient (Wildman–Crippen LogP) is 1.80. The van der Waals surface area contributed by atoms with E-state index in [-0.39, 0.29) is 16.5 Å². The maximum atomic E-state index is 13.1. The third-order valence-corrected chi connectivity index (χ3v) is 7.17. The Morgan fingerprint density at radius 3 is 2.48 bits per heavy atom. The second-order valence-electron chi connectivity index (χ2n) is 8.58. The predicted molar refractivity (Wildman–Crippen MR) is 119 cm³/mol. The number of hydrogen-bond acceptors (Lipinski definition) is 7. The Bertz CT molecular complexity index is 973. The number of methoxy groups -OCH3 is 1. The molecule has 0 unspecified atom stereocenters. The summed E-state index contributed by atoms with van der Waals surface area (Å²) in [5.74, 6) is 0.000686. The van der Waals surface area contributed by atoms with Crippen molar-refractivity contribution in [1.82, 2.24) is 10.0 Å². The van der Waals surface area contributed by atoms with E-state index >= 15 is 0 Å². The van der Waals surface area contributed by atoms with Gasteiger partial charge < -0.3 is 20.5 Å². The highest BCUT2D eigenvalue weighted by molar-refractivity contribution is 7.90. The molecule has 0 radical (unpaired) electrons. The summed E-state index contributed by atoms with van der Waals surface area (Å²) in [7, 11) is -2.66. The van der Waals surface area contributed by atoms with Crippen LogP contribution in [0.15, 0.2) is 4.90 Å². The van der Waals surface area contributed by atoms with E-state index in [0.29, 0.717) is 43.4 Å². The van der Waals surface area contributed by atoms with Crippen LogP contribution in [0.4, 0.5) is 0 Å². The van der Waals surface area contributed by atoms with Crippen molar-refractivity contribution in [3.05, 3.63) is 22.3 Å². The molecular weight excluding hydrogens is 420 g/mol. The average molecular weight is 455 g/mol. The molecule has 0 saturated heterocycles. The molecule has 1 heterocycles. The van der Waals surface area contributed by atoms with E-state index in [2.05, 4.69) is 14.8 Å². The van der Waals surface area contributed by atoms with Crippen LogP contribution in [-0.4, -0.2) is 45.6 Å². The Balaban J connectivity index is 2.03. The first-order valence-corrected chi connectivity index (χ1v) is 11.8. The maximum absolute atomic E-state index is 13.1. The van der Waals surface area contributed by atoms with Crippen LogP contribution in [0.2, 0.25) is 0 Å². The lowest BCUT2D eigenvalue weighted by Crippen LogP contribution is -2.41. The summed E-state index contributed by atoms with van der Waals surface area (Å²) in [6, 6.07) is -0.675. The van der Waals surface area contributed by atoms with Gasteiger partial charge in [0.1, 0.15) is 17.4 Å². The van der Waals surface area contributed by atoms with Gasteiger partial charge in [0, 0.05) is 18.5 Å². The molecule has 0 fully saturated rings. The Morgan fingerprint density at radius 1 is 1.23 bits per heavy atom. The number of carbonyl (C=O) groups excluding carboxylic acids is 1. The second-order valence-corrected chi connectivity index (χ2v) is 10.2. The Labute approximate surface area is 184 Å². The smallest absolute Gasteiger partial charge is 0.322 e. The fourth-order valence-corrected chi connectivity index (χ4v) is 5.37. The SMILES string of the molecule is COC(=O)[C@@H](N)CCCCNC(=N)NS(=O)(=O)c1c(C)c(C)c2c(c1C)CC(C)(C)O2. The van der Waals surface area contributed by atoms with E-state index in [1.807, 2.05) is 20.8 Å². The molecule has 5 N–H and O–H groups in total. The van der Waals surface area contributed by atoms with Gasteiger partial charge in [0.05, 0.1) is 12.0 Å². The minimum Gasteiger partial charge on any atom is -0.487 e. The van der Waals surface area contributed by atoms with Crippen molar-refractivity contribution >= 4 is 22.0 Å². The van der Waals surface area contributed by atoms with E-state index < -0.39 is 22.0 Å². The zero-order valence-corrected chi connectivity index (χ0v) is 20.0. The van der Waals surface area contributed by atoms with Gasteiger partial charge in [-0.3, -0.25) is 10.2 Å². The molecule has 0 saturated carbocycles. The Kier molecular flexibility index (Phi) is 7.59. The summed E-state index contributed by atoms with van der Waals surface area (Å²) < 4.78 is 39.1. The average Bonchev–Trinajstić information content (AvgIpc) is 3.00. The second kappa shape index (κ2) is 9.44. The number of rotatable bonds is 8. The minimum atomic E-state index is -3.95. The number of nitrogens with one attached hydrogen (secondary N) is 3. The summed E-state index contributed by atoms with van der Waals surface area (Å²) in [5, 5.41) is 10.8. The first-order valence-electron chi connectivity index (χ1n) is 10.3. The third-order valence-electron chi connectivity index (χ3n) is 5.54. The monoisotopic (exact) mass is 454 g/mol. The highest BCUT2D eigenvalue weighted by Crippen LogP contribution is 2.43. The number of sulfonamides is 1. The number of benzene rings is 1. The molecule has 10 heteroatoms. The van der Waals surface area contributed by atoms with Crippen LogP contribution in [0.1, 0.15) is 55.4 Å². The largest absolute Gasteiger partial charge is 0.487 e. The van der Waals surface area contributed by atoms with Crippen molar-refractivity contribution in [3.8, 4) is 5.75 Å². The van der Waals surface area contributed by atoms with Crippen LogP contribution in [0.3, 0.4) is 0 Å². The van der Waals surface area contributed by atoms with Crippen LogP contribution < -0.4 is 20.5 Å². The van der Waals surface area contributed by atoms with Gasteiger partial charge in [-0.15, -0.1) is 0 Å². The van der Waals surface area contributed by atoms with Crippen LogP contribution in [0, 0.1) is 26.2 Å². The van der Waals surface area contributed by atoms with Crippen molar-refractivity contribution < 1.29 is 22.7 Å². The van der Waals surface area contributed by atoms with E-state index in [1.165, 1.54) is 7.11 Å². The van der Waals surface area contributed by atoms with Gasteiger partial charge in [-0.25, -0.2) is 13.1 Å². The summed E-state index contributed by atoms with van der Waals surface area (Å²) in [6.45, 7) is 9.73. The zero-order valence-electron chi connectivity index (χ0n) is 19.1. The van der Waals surface area contributed by atoms with Crippen molar-refractivity contribution in [2.45, 2.75) is 76.8 Å². The summed E-state index contributed by atoms with van der Waals surface area (Å²) in [5.41, 5.74) is 8.26. The van der Waals surface area contributed by atoms with Crippen molar-refractivity contribution in [3.63, 3.8) is 0 Å². The number of fused-ring (bicyclic) bond motifs is 1. The van der Waals surface area contributed by atoms with Crippen LogP contribution in [-0.2, 0) is 26.0 Å². The molecule has 9 nitrogen and oxygen atoms in total. The van der Waals surface area contributed by atoms with Gasteiger partial charge in [-0.05, 0) is 70.6 Å². The molecule has 174 valence electrons. The molecule has 0 bridgehead atoms. The first-order chi connectivity index (χ1) is 14.3. The number of carbonyl (C=O) groups is 1. The van der Waals surface area contributed by atoms with Gasteiger partial charge in [-0.1, -0.05) is 0 Å². The number of unbranched alkanes of at least 4 members (excludes halogenated alkanes) is 1. The molecular formula is C21H34N4O5S. The normalized spacial score (nSPS) is 15.6. The number of esters is 1. The fraction of sp³-hybridized carbons (Fsp3) is 0.619. The Morgan fingerprint density at radius 2 is 1.87 bits per heavy atom. The minimum absolute atomic E-state index is 0.195. The van der Waals surface area contributed by atoms with E-state index in [4.69, 9.17) is 15.9 Å². The Hall–Kier alpha value is -2.33. The molecule has 0 amide bonds. The molecule has 0 aromatic heterocycles. The standard InChI is InChI=1S/C21H34N4O5S/c1-12-13(2)18(14(3)15-11-21(4,5)30-17(12)15)31(27,28)25-20(23)24-10-8-7-9-16(22)19(26)29-6/h16H,7-11,22H2,1-6H3,(H3,23,24,25)/t16-/m0/s1. The number of guanidine groups is 1. The van der Waals surface area contributed by atoms with Gasteiger partial charge in [0.2, 0.25) is 5.96 Å². The lowest BCUT2D eigenvalue weighted by Gasteiger charge is -2.19. The third kappa shape index (κ3) is 5.68. The number of nitrogens with two attached hydrogens (primary N) is 1. The van der Waals surface area contributed by atoms with Gasteiger partial charge in [0.15, 0.2) is 0 Å². The highest BCUT2D eigenvalue weighted by atomic mass is 32.2. The quantitative estimate of drug-likeness (QED) is 0.203. The number of ether oxygens (including phenoxy) is 2. The van der Waals surface area contributed by atoms with Crippen molar-refractivity contribution in [1.29, 1.82) is 5.41 Å². The van der Waals surface area contributed by atoms with Crippen LogP contribution >= 0.6 is 0 Å². The summed E-state index contributed by atoms with van der Waals surface area (Å²) in [4.78, 5) is 11.5. The van der Waals surface area contributed by atoms with Crippen LogP contribution in [0.25, 0.3) is 0 Å². The fourth-order valence-electron chi connectivity index (χ4n) is 3.84. The maximum Gasteiger partial charge on any atom is 0.322 e. The van der Waals surface area contributed by atoms with Crippen molar-refractivity contribution in [2.75, 3.05) is 13.7 Å². The highest BCUT2D eigenvalue weighted by Gasteiger charge is 2.36. The van der Waals surface area contributed by atoms with E-state index in [0.717, 1.165) is 16.9 Å². The van der Waals surface area contributed by atoms with E-state index in [9.17, 15) is 13.2 Å². The lowest BCUT2D eigenvalue weighted by atomic mass is 9.94. The molecule has 1 aliphatic rings. The first kappa shape index (κ1) is 24.9. The van der Waals surface area contributed by atoms with Gasteiger partial charge >= 0.3 is 5.97 Å². The molecule has 2 rings (SSSR count). The van der Waals surface area contributed by atoms with E-state index in [1.54, 1.807) is 13.8 Å². The molecule has 1 aromatic carbocycles. The van der Waals surface area contributed by atoms with Crippen LogP contribution in [0.5, 0.6) is 5.75 Å². The van der Waals surface area contributed by atoms with Crippen molar-refractivity contribution in [2.24, 2.45) is 5.73 Å². The van der Waals surface area contributed by atoms with Gasteiger partial charge in [-0.2, -0.15) is 0 Å². The summed E-state index contributed by atoms with van der Waals surface area (Å²) in [6.07, 6.45) is 2.35. The molecule has 31 heavy (non-hydrogen) atoms. The molecule has 1 aliphatic heterocycles. The molecule has 1 aromatic rings. The topological polar surface area (TPSA) is 144 Å². The molecule has 0 aliphatic carbocycles.